The molecule has 6 nitrogen and oxygen atoms in total. The fourth-order valence-corrected chi connectivity index (χ4v) is 3.30. The minimum absolute atomic E-state index is 0. The number of hydrogen-bond donors (Lipinski definition) is 3. The monoisotopic (exact) mass is 513 g/mol. The lowest BCUT2D eigenvalue weighted by atomic mass is 10.0. The molecule has 0 saturated heterocycles. The zero-order chi connectivity index (χ0) is 20.6. The van der Waals surface area contributed by atoms with Crippen molar-refractivity contribution in [3.05, 3.63) is 52.9 Å². The fourth-order valence-electron chi connectivity index (χ4n) is 3.30. The maximum atomic E-state index is 5.44. The van der Waals surface area contributed by atoms with Gasteiger partial charge >= 0.3 is 0 Å². The highest BCUT2D eigenvalue weighted by Crippen LogP contribution is 2.16. The molecule has 1 unspecified atom stereocenters. The number of aliphatic imine (C=N–C) groups is 1. The van der Waals surface area contributed by atoms with Crippen LogP contribution in [0.1, 0.15) is 63.2 Å². The molecule has 0 amide bonds. The van der Waals surface area contributed by atoms with Gasteiger partial charge in [-0.1, -0.05) is 49.3 Å². The first kappa shape index (κ1) is 25.4. The second-order valence-corrected chi connectivity index (χ2v) is 7.68. The van der Waals surface area contributed by atoms with Crippen LogP contribution in [-0.2, 0) is 19.4 Å². The van der Waals surface area contributed by atoms with E-state index in [1.807, 2.05) is 6.07 Å². The SMILES string of the molecule is CCc1noc(CC)c1CNC(=NC)NCC(C)(C)NC(C)c1ccccc1.I. The highest BCUT2D eigenvalue weighted by atomic mass is 127. The molecule has 3 N–H and O–H groups in total. The van der Waals surface area contributed by atoms with Crippen LogP contribution in [0.5, 0.6) is 0 Å². The Morgan fingerprint density at radius 1 is 1.14 bits per heavy atom. The molecule has 2 aromatic rings. The van der Waals surface area contributed by atoms with Crippen molar-refractivity contribution >= 4 is 29.9 Å². The Morgan fingerprint density at radius 2 is 1.83 bits per heavy atom. The highest BCUT2D eigenvalue weighted by Gasteiger charge is 2.21. The van der Waals surface area contributed by atoms with Crippen molar-refractivity contribution in [2.24, 2.45) is 4.99 Å². The number of aromatic nitrogens is 1. The molecule has 2 rings (SSSR count). The van der Waals surface area contributed by atoms with E-state index in [4.69, 9.17) is 4.52 Å². The number of nitrogens with one attached hydrogen (secondary N) is 3. The van der Waals surface area contributed by atoms with Crippen LogP contribution < -0.4 is 16.0 Å². The Kier molecular flexibility index (Phi) is 10.7. The molecule has 0 radical (unpaired) electrons. The third-order valence-corrected chi connectivity index (χ3v) is 4.87. The smallest absolute Gasteiger partial charge is 0.191 e. The molecule has 0 aliphatic rings. The van der Waals surface area contributed by atoms with Crippen molar-refractivity contribution in [1.82, 2.24) is 21.1 Å². The van der Waals surface area contributed by atoms with Gasteiger partial charge in [0.1, 0.15) is 5.76 Å². The van der Waals surface area contributed by atoms with Gasteiger partial charge in [-0.3, -0.25) is 4.99 Å². The zero-order valence-electron chi connectivity index (χ0n) is 18.5. The van der Waals surface area contributed by atoms with Crippen molar-refractivity contribution < 1.29 is 4.52 Å². The maximum Gasteiger partial charge on any atom is 0.191 e. The normalized spacial score (nSPS) is 13.0. The summed E-state index contributed by atoms with van der Waals surface area (Å²) in [5.41, 5.74) is 3.33. The average molecular weight is 513 g/mol. The third-order valence-electron chi connectivity index (χ3n) is 4.87. The van der Waals surface area contributed by atoms with Crippen LogP contribution in [0.3, 0.4) is 0 Å². The molecule has 0 spiro atoms. The van der Waals surface area contributed by atoms with Crippen LogP contribution in [-0.4, -0.2) is 30.2 Å². The van der Waals surface area contributed by atoms with E-state index >= 15 is 0 Å². The summed E-state index contributed by atoms with van der Waals surface area (Å²) in [6, 6.07) is 10.8. The third kappa shape index (κ3) is 7.62. The molecule has 29 heavy (non-hydrogen) atoms. The predicted molar refractivity (Wildman–Crippen MR) is 131 cm³/mol. The summed E-state index contributed by atoms with van der Waals surface area (Å²) in [4.78, 5) is 4.35. The predicted octanol–water partition coefficient (Wildman–Crippen LogP) is 4.21. The van der Waals surface area contributed by atoms with Gasteiger partial charge in [0.25, 0.3) is 0 Å². The summed E-state index contributed by atoms with van der Waals surface area (Å²) in [6.45, 7) is 12.1. The summed E-state index contributed by atoms with van der Waals surface area (Å²) in [6.07, 6.45) is 1.70. The molecular formula is C22H36IN5O. The van der Waals surface area contributed by atoms with Crippen LogP contribution in [0.4, 0.5) is 0 Å². The van der Waals surface area contributed by atoms with E-state index in [0.717, 1.165) is 42.4 Å². The topological polar surface area (TPSA) is 74.5 Å². The van der Waals surface area contributed by atoms with Gasteiger partial charge < -0.3 is 20.5 Å². The van der Waals surface area contributed by atoms with Crippen molar-refractivity contribution in [1.29, 1.82) is 0 Å². The number of aryl methyl sites for hydroxylation is 2. The Bertz CT molecular complexity index is 736. The van der Waals surface area contributed by atoms with Gasteiger partial charge in [0.2, 0.25) is 0 Å². The number of rotatable bonds is 9. The molecule has 1 atom stereocenters. The van der Waals surface area contributed by atoms with Crippen LogP contribution >= 0.6 is 24.0 Å². The van der Waals surface area contributed by atoms with Gasteiger partial charge in [0.05, 0.1) is 5.69 Å². The van der Waals surface area contributed by atoms with Gasteiger partial charge in [-0.05, 0) is 32.8 Å². The second-order valence-electron chi connectivity index (χ2n) is 7.68. The Hall–Kier alpha value is -1.61. The molecule has 1 heterocycles. The van der Waals surface area contributed by atoms with Crippen LogP contribution in [0, 0.1) is 0 Å². The average Bonchev–Trinajstić information content (AvgIpc) is 3.10. The van der Waals surface area contributed by atoms with Crippen molar-refractivity contribution in [2.75, 3.05) is 13.6 Å². The summed E-state index contributed by atoms with van der Waals surface area (Å²) >= 11 is 0. The molecule has 1 aromatic heterocycles. The molecule has 7 heteroatoms. The minimum Gasteiger partial charge on any atom is -0.361 e. The lowest BCUT2D eigenvalue weighted by Gasteiger charge is -2.31. The largest absolute Gasteiger partial charge is 0.361 e. The van der Waals surface area contributed by atoms with Gasteiger partial charge in [0.15, 0.2) is 5.96 Å². The zero-order valence-corrected chi connectivity index (χ0v) is 20.8. The molecule has 1 aromatic carbocycles. The Labute approximate surface area is 192 Å². The quantitative estimate of drug-likeness (QED) is 0.266. The van der Waals surface area contributed by atoms with Gasteiger partial charge in [0, 0.05) is 43.7 Å². The molecule has 0 aliphatic carbocycles. The maximum absolute atomic E-state index is 5.44. The first-order chi connectivity index (χ1) is 13.4. The summed E-state index contributed by atoms with van der Waals surface area (Å²) in [7, 11) is 1.79. The first-order valence-corrected chi connectivity index (χ1v) is 10.1. The van der Waals surface area contributed by atoms with E-state index in [0.29, 0.717) is 6.54 Å². The molecule has 0 bridgehead atoms. The van der Waals surface area contributed by atoms with E-state index in [1.54, 1.807) is 7.05 Å². The Morgan fingerprint density at radius 3 is 2.41 bits per heavy atom. The van der Waals surface area contributed by atoms with Crippen molar-refractivity contribution in [3.8, 4) is 0 Å². The van der Waals surface area contributed by atoms with E-state index < -0.39 is 0 Å². The number of benzene rings is 1. The molecule has 0 fully saturated rings. The van der Waals surface area contributed by atoms with Gasteiger partial charge in [-0.2, -0.15) is 0 Å². The Balaban J connectivity index is 0.00000420. The number of hydrogen-bond acceptors (Lipinski definition) is 4. The van der Waals surface area contributed by atoms with E-state index in [9.17, 15) is 0 Å². The first-order valence-electron chi connectivity index (χ1n) is 10.1. The number of nitrogens with zero attached hydrogens (tertiary/aromatic N) is 2. The number of guanidine groups is 1. The lowest BCUT2D eigenvalue weighted by molar-refractivity contribution is 0.344. The second kappa shape index (κ2) is 12.2. The molecule has 0 aliphatic heterocycles. The minimum atomic E-state index is -0.104. The van der Waals surface area contributed by atoms with Crippen LogP contribution in [0.2, 0.25) is 0 Å². The van der Waals surface area contributed by atoms with E-state index in [2.05, 4.69) is 85.0 Å². The van der Waals surface area contributed by atoms with Gasteiger partial charge in [-0.15, -0.1) is 24.0 Å². The standard InChI is InChI=1S/C22H35N5O.HI/c1-7-19-18(20(8-2)28-27-19)14-24-21(23-6)25-15-22(4,5)26-16(3)17-12-10-9-11-13-17;/h9-13,16,26H,7-8,14-15H2,1-6H3,(H2,23,24,25);1H. The lowest BCUT2D eigenvalue weighted by Crippen LogP contribution is -2.52. The van der Waals surface area contributed by atoms with Gasteiger partial charge in [-0.25, -0.2) is 0 Å². The van der Waals surface area contributed by atoms with E-state index in [1.165, 1.54) is 5.56 Å². The van der Waals surface area contributed by atoms with Crippen LogP contribution in [0.25, 0.3) is 0 Å². The summed E-state index contributed by atoms with van der Waals surface area (Å²) in [5.74, 6) is 1.71. The van der Waals surface area contributed by atoms with E-state index in [-0.39, 0.29) is 35.6 Å². The van der Waals surface area contributed by atoms with Crippen molar-refractivity contribution in [2.45, 2.75) is 65.6 Å². The highest BCUT2D eigenvalue weighted by molar-refractivity contribution is 14.0. The summed E-state index contributed by atoms with van der Waals surface area (Å²) in [5, 5.41) is 14.7. The molecular weight excluding hydrogens is 477 g/mol. The molecule has 0 saturated carbocycles. The van der Waals surface area contributed by atoms with Crippen molar-refractivity contribution in [3.63, 3.8) is 0 Å². The fraction of sp³-hybridized carbons (Fsp3) is 0.545. The van der Waals surface area contributed by atoms with Crippen LogP contribution in [0.15, 0.2) is 39.8 Å². The number of halogens is 1. The summed E-state index contributed by atoms with van der Waals surface area (Å²) < 4.78 is 5.44. The molecule has 162 valence electrons.